The van der Waals surface area contributed by atoms with Gasteiger partial charge in [-0.3, -0.25) is 0 Å². The van der Waals surface area contributed by atoms with Crippen molar-refractivity contribution in [2.45, 2.75) is 43.7 Å². The van der Waals surface area contributed by atoms with Crippen molar-refractivity contribution in [2.75, 3.05) is 5.73 Å². The summed E-state index contributed by atoms with van der Waals surface area (Å²) in [6.45, 7) is 5.69. The van der Waals surface area contributed by atoms with Crippen LogP contribution in [0.25, 0.3) is 0 Å². The summed E-state index contributed by atoms with van der Waals surface area (Å²) in [4.78, 5) is -0.770. The van der Waals surface area contributed by atoms with Crippen molar-refractivity contribution >= 4 is 15.7 Å². The molecule has 0 aliphatic carbocycles. The number of hydrogen-bond acceptors (Lipinski definition) is 4. The van der Waals surface area contributed by atoms with Crippen LogP contribution in [0.1, 0.15) is 27.7 Å². The topological polar surface area (TPSA) is 92.4 Å². The van der Waals surface area contributed by atoms with E-state index in [0.29, 0.717) is 0 Å². The summed E-state index contributed by atoms with van der Waals surface area (Å²) in [5.41, 5.74) is 1.59. The van der Waals surface area contributed by atoms with E-state index in [4.69, 9.17) is 5.73 Å². The molecule has 0 atom stereocenters. The van der Waals surface area contributed by atoms with E-state index in [9.17, 15) is 22.3 Å². The maximum Gasteiger partial charge on any atom is 0.244 e. The van der Waals surface area contributed by atoms with Gasteiger partial charge in [-0.05, 0) is 39.8 Å². The standard InChI is InChI=1S/C12H18F2N2O3S/c1-11(2,12(3,4)17)16-20(18,19)8-6-5-7(13)10(15)9(8)14/h5-6,16-17H,15H2,1-4H3. The Morgan fingerprint density at radius 3 is 2.15 bits per heavy atom. The van der Waals surface area contributed by atoms with E-state index in [1.165, 1.54) is 27.7 Å². The Kier molecular flexibility index (Phi) is 4.15. The lowest BCUT2D eigenvalue weighted by Gasteiger charge is -2.37. The minimum Gasteiger partial charge on any atom is -0.394 e. The molecule has 0 aliphatic heterocycles. The van der Waals surface area contributed by atoms with Crippen molar-refractivity contribution in [3.63, 3.8) is 0 Å². The van der Waals surface area contributed by atoms with Crippen LogP contribution in [0.3, 0.4) is 0 Å². The smallest absolute Gasteiger partial charge is 0.244 e. The number of nitrogens with two attached hydrogens (primary N) is 1. The van der Waals surface area contributed by atoms with E-state index in [0.717, 1.165) is 12.1 Å². The quantitative estimate of drug-likeness (QED) is 0.733. The van der Waals surface area contributed by atoms with Crippen LogP contribution in [0.2, 0.25) is 0 Å². The monoisotopic (exact) mass is 308 g/mol. The van der Waals surface area contributed by atoms with E-state index in [2.05, 4.69) is 4.72 Å². The summed E-state index contributed by atoms with van der Waals surface area (Å²) in [7, 11) is -4.30. The van der Waals surface area contributed by atoms with E-state index < -0.39 is 43.4 Å². The number of nitrogens with one attached hydrogen (secondary N) is 1. The minimum atomic E-state index is -4.30. The first kappa shape index (κ1) is 16.8. The number of anilines is 1. The lowest BCUT2D eigenvalue weighted by Crippen LogP contribution is -2.57. The molecule has 0 saturated heterocycles. The highest BCUT2D eigenvalue weighted by molar-refractivity contribution is 7.89. The van der Waals surface area contributed by atoms with Gasteiger partial charge in [0.15, 0.2) is 5.82 Å². The van der Waals surface area contributed by atoms with Gasteiger partial charge in [-0.25, -0.2) is 21.9 Å². The molecule has 1 rings (SSSR count). The van der Waals surface area contributed by atoms with Gasteiger partial charge in [0, 0.05) is 0 Å². The molecule has 0 amide bonds. The minimum absolute atomic E-state index is 0.768. The molecular weight excluding hydrogens is 290 g/mol. The van der Waals surface area contributed by atoms with E-state index in [-0.39, 0.29) is 0 Å². The molecule has 0 saturated carbocycles. The number of hydrogen-bond donors (Lipinski definition) is 3. The molecule has 5 nitrogen and oxygen atoms in total. The first-order chi connectivity index (χ1) is 8.79. The van der Waals surface area contributed by atoms with Gasteiger partial charge in [0.1, 0.15) is 16.4 Å². The van der Waals surface area contributed by atoms with Gasteiger partial charge in [0.2, 0.25) is 10.0 Å². The molecule has 1 aromatic rings. The molecule has 0 unspecified atom stereocenters. The second kappa shape index (κ2) is 4.94. The second-order valence-electron chi connectivity index (χ2n) is 5.56. The van der Waals surface area contributed by atoms with Crippen LogP contribution in [0.15, 0.2) is 17.0 Å². The van der Waals surface area contributed by atoms with Crippen LogP contribution in [0.5, 0.6) is 0 Å². The molecule has 0 fully saturated rings. The number of nitrogen functional groups attached to an aromatic ring is 1. The van der Waals surface area contributed by atoms with Gasteiger partial charge in [0.05, 0.1) is 11.1 Å². The number of rotatable bonds is 4. The zero-order valence-corrected chi connectivity index (χ0v) is 12.5. The summed E-state index contributed by atoms with van der Waals surface area (Å²) >= 11 is 0. The van der Waals surface area contributed by atoms with Gasteiger partial charge >= 0.3 is 0 Å². The van der Waals surface area contributed by atoms with E-state index in [1.807, 2.05) is 0 Å². The van der Waals surface area contributed by atoms with Crippen LogP contribution in [0.4, 0.5) is 14.5 Å². The second-order valence-corrected chi connectivity index (χ2v) is 7.21. The van der Waals surface area contributed by atoms with Crippen molar-refractivity contribution in [3.05, 3.63) is 23.8 Å². The normalized spacial score (nSPS) is 13.6. The van der Waals surface area contributed by atoms with Gasteiger partial charge < -0.3 is 10.8 Å². The fourth-order valence-electron chi connectivity index (χ4n) is 1.27. The average molecular weight is 308 g/mol. The van der Waals surface area contributed by atoms with Gasteiger partial charge in [0.25, 0.3) is 0 Å². The Bertz CT molecular complexity index is 622. The molecule has 0 radical (unpaired) electrons. The first-order valence-electron chi connectivity index (χ1n) is 5.79. The van der Waals surface area contributed by atoms with Crippen molar-refractivity contribution in [1.82, 2.24) is 4.72 Å². The third-order valence-electron chi connectivity index (χ3n) is 3.30. The fraction of sp³-hybridized carbons (Fsp3) is 0.500. The van der Waals surface area contributed by atoms with Crippen LogP contribution in [0, 0.1) is 11.6 Å². The molecule has 4 N–H and O–H groups in total. The summed E-state index contributed by atoms with van der Waals surface area (Å²) in [5.74, 6) is -2.40. The maximum absolute atomic E-state index is 13.8. The Labute approximate surface area is 116 Å². The highest BCUT2D eigenvalue weighted by Gasteiger charge is 2.39. The lowest BCUT2D eigenvalue weighted by molar-refractivity contribution is 0.00636. The molecular formula is C12H18F2N2O3S. The number of aliphatic hydroxyl groups is 1. The predicted octanol–water partition coefficient (Wildman–Crippen LogP) is 1.37. The Morgan fingerprint density at radius 2 is 1.70 bits per heavy atom. The molecule has 114 valence electrons. The Hall–Kier alpha value is -1.25. The lowest BCUT2D eigenvalue weighted by atomic mass is 9.87. The SMILES string of the molecule is CC(C)(O)C(C)(C)NS(=O)(=O)c1ccc(F)c(N)c1F. The molecule has 20 heavy (non-hydrogen) atoms. The van der Waals surface area contributed by atoms with Crippen LogP contribution < -0.4 is 10.5 Å². The zero-order valence-electron chi connectivity index (χ0n) is 11.7. The van der Waals surface area contributed by atoms with Crippen molar-refractivity contribution in [1.29, 1.82) is 0 Å². The van der Waals surface area contributed by atoms with Crippen LogP contribution in [-0.2, 0) is 10.0 Å². The van der Waals surface area contributed by atoms with E-state index in [1.54, 1.807) is 0 Å². The molecule has 0 spiro atoms. The summed E-state index contributed by atoms with van der Waals surface area (Å²) in [6, 6.07) is 1.55. The fourth-order valence-corrected chi connectivity index (χ4v) is 2.90. The molecule has 0 heterocycles. The number of halogens is 2. The maximum atomic E-state index is 13.8. The molecule has 0 bridgehead atoms. The van der Waals surface area contributed by atoms with Gasteiger partial charge in [-0.15, -0.1) is 0 Å². The zero-order chi connectivity index (χ0) is 15.9. The highest BCUT2D eigenvalue weighted by atomic mass is 32.2. The summed E-state index contributed by atoms with van der Waals surface area (Å²) in [5, 5.41) is 9.92. The third-order valence-corrected chi connectivity index (χ3v) is 4.97. The van der Waals surface area contributed by atoms with Gasteiger partial charge in [-0.1, -0.05) is 0 Å². The third kappa shape index (κ3) is 3.08. The predicted molar refractivity (Wildman–Crippen MR) is 71.5 cm³/mol. The molecule has 0 aliphatic rings. The van der Waals surface area contributed by atoms with Crippen LogP contribution >= 0.6 is 0 Å². The van der Waals surface area contributed by atoms with Crippen LogP contribution in [-0.4, -0.2) is 24.7 Å². The Balaban J connectivity index is 3.30. The first-order valence-corrected chi connectivity index (χ1v) is 7.28. The number of sulfonamides is 1. The number of benzene rings is 1. The van der Waals surface area contributed by atoms with Crippen molar-refractivity contribution < 1.29 is 22.3 Å². The molecule has 8 heteroatoms. The van der Waals surface area contributed by atoms with Gasteiger partial charge in [-0.2, -0.15) is 0 Å². The van der Waals surface area contributed by atoms with E-state index >= 15 is 0 Å². The highest BCUT2D eigenvalue weighted by Crippen LogP contribution is 2.27. The average Bonchev–Trinajstić information content (AvgIpc) is 2.22. The van der Waals surface area contributed by atoms with Crippen molar-refractivity contribution in [3.8, 4) is 0 Å². The Morgan fingerprint density at radius 1 is 1.20 bits per heavy atom. The van der Waals surface area contributed by atoms with Crippen molar-refractivity contribution in [2.24, 2.45) is 0 Å². The summed E-state index contributed by atoms with van der Waals surface area (Å²) < 4.78 is 53.3. The summed E-state index contributed by atoms with van der Waals surface area (Å²) in [6.07, 6.45) is 0. The molecule has 0 aromatic heterocycles. The largest absolute Gasteiger partial charge is 0.394 e. The molecule has 1 aromatic carbocycles.